The van der Waals surface area contributed by atoms with Gasteiger partial charge in [0.15, 0.2) is 5.17 Å². The molecule has 0 atom stereocenters. The molecule has 2 aromatic carbocycles. The molecule has 0 bridgehead atoms. The molecule has 0 aliphatic heterocycles. The van der Waals surface area contributed by atoms with E-state index in [1.807, 2.05) is 31.2 Å². The van der Waals surface area contributed by atoms with Gasteiger partial charge in [-0.2, -0.15) is 0 Å². The first-order chi connectivity index (χ1) is 9.54. The van der Waals surface area contributed by atoms with Gasteiger partial charge in [-0.3, -0.25) is 0 Å². The summed E-state index contributed by atoms with van der Waals surface area (Å²) in [6, 6.07) is 12.5. The minimum Gasteiger partial charge on any atom is -0.378 e. The van der Waals surface area contributed by atoms with Gasteiger partial charge in [0.25, 0.3) is 0 Å². The van der Waals surface area contributed by atoms with E-state index in [2.05, 4.69) is 11.9 Å². The fourth-order valence-corrected chi connectivity index (χ4v) is 2.40. The van der Waals surface area contributed by atoms with E-state index >= 15 is 0 Å². The summed E-state index contributed by atoms with van der Waals surface area (Å²) in [5, 5.41) is 0.484. The minimum atomic E-state index is -0.229. The molecular formula is C16H17FN2S. The molecule has 0 fully saturated rings. The van der Waals surface area contributed by atoms with Crippen LogP contribution in [-0.4, -0.2) is 5.17 Å². The number of aliphatic imine (C=N–C) groups is 1. The number of halogens is 1. The lowest BCUT2D eigenvalue weighted by atomic mass is 10.1. The zero-order valence-corrected chi connectivity index (χ0v) is 12.4. The van der Waals surface area contributed by atoms with Gasteiger partial charge in [0, 0.05) is 5.75 Å². The van der Waals surface area contributed by atoms with Crippen LogP contribution in [0.4, 0.5) is 10.1 Å². The molecule has 104 valence electrons. The summed E-state index contributed by atoms with van der Waals surface area (Å²) < 4.78 is 13.0. The van der Waals surface area contributed by atoms with Crippen molar-refractivity contribution in [1.29, 1.82) is 0 Å². The monoisotopic (exact) mass is 288 g/mol. The summed E-state index contributed by atoms with van der Waals surface area (Å²) >= 11 is 1.40. The summed E-state index contributed by atoms with van der Waals surface area (Å²) in [5.41, 5.74) is 10.1. The Balaban J connectivity index is 2.02. The Hall–Kier alpha value is -1.81. The predicted octanol–water partition coefficient (Wildman–Crippen LogP) is 4.32. The number of amidine groups is 1. The van der Waals surface area contributed by atoms with Crippen LogP contribution in [0.5, 0.6) is 0 Å². The quantitative estimate of drug-likeness (QED) is 0.674. The molecule has 0 aromatic heterocycles. The molecule has 2 N–H and O–H groups in total. The van der Waals surface area contributed by atoms with Crippen LogP contribution in [0.2, 0.25) is 0 Å². The van der Waals surface area contributed by atoms with Gasteiger partial charge < -0.3 is 5.73 Å². The van der Waals surface area contributed by atoms with Gasteiger partial charge in [-0.05, 0) is 54.8 Å². The normalized spacial score (nSPS) is 11.7. The molecule has 4 heteroatoms. The molecule has 0 unspecified atom stereocenters. The summed E-state index contributed by atoms with van der Waals surface area (Å²) in [4.78, 5) is 4.36. The van der Waals surface area contributed by atoms with E-state index in [1.54, 1.807) is 6.07 Å². The summed E-state index contributed by atoms with van der Waals surface area (Å²) in [7, 11) is 0. The highest BCUT2D eigenvalue weighted by Crippen LogP contribution is 2.20. The molecule has 0 saturated carbocycles. The number of rotatable bonds is 3. The van der Waals surface area contributed by atoms with E-state index in [0.717, 1.165) is 11.3 Å². The molecule has 2 nitrogen and oxygen atoms in total. The number of hydrogen-bond donors (Lipinski definition) is 1. The van der Waals surface area contributed by atoms with E-state index in [-0.39, 0.29) is 5.82 Å². The van der Waals surface area contributed by atoms with Crippen LogP contribution < -0.4 is 5.73 Å². The maximum absolute atomic E-state index is 13.0. The fraction of sp³-hybridized carbons (Fsp3) is 0.188. The van der Waals surface area contributed by atoms with Crippen molar-refractivity contribution >= 4 is 22.6 Å². The molecule has 0 saturated heterocycles. The zero-order valence-electron chi connectivity index (χ0n) is 11.6. The first-order valence-corrected chi connectivity index (χ1v) is 7.32. The predicted molar refractivity (Wildman–Crippen MR) is 84.9 cm³/mol. The topological polar surface area (TPSA) is 38.4 Å². The van der Waals surface area contributed by atoms with Gasteiger partial charge in [0.1, 0.15) is 5.82 Å². The molecule has 2 aromatic rings. The first-order valence-electron chi connectivity index (χ1n) is 6.33. The number of nitrogens with zero attached hydrogens (tertiary/aromatic N) is 1. The summed E-state index contributed by atoms with van der Waals surface area (Å²) in [6.45, 7) is 4.11. The number of thioether (sulfide) groups is 1. The second-order valence-electron chi connectivity index (χ2n) is 4.64. The zero-order chi connectivity index (χ0) is 14.5. The van der Waals surface area contributed by atoms with Crippen LogP contribution in [0.1, 0.15) is 16.7 Å². The van der Waals surface area contributed by atoms with Gasteiger partial charge >= 0.3 is 0 Å². The smallest absolute Gasteiger partial charge is 0.159 e. The lowest BCUT2D eigenvalue weighted by molar-refractivity contribution is 0.626. The first kappa shape index (κ1) is 14.6. The lowest BCUT2D eigenvalue weighted by Crippen LogP contribution is -2.06. The van der Waals surface area contributed by atoms with Crippen molar-refractivity contribution in [2.24, 2.45) is 10.7 Å². The van der Waals surface area contributed by atoms with Crippen molar-refractivity contribution in [2.75, 3.05) is 0 Å². The van der Waals surface area contributed by atoms with Crippen LogP contribution in [0, 0.1) is 19.7 Å². The Kier molecular flexibility index (Phi) is 4.79. The molecule has 0 aliphatic carbocycles. The lowest BCUT2D eigenvalue weighted by Gasteiger charge is -2.04. The SMILES string of the molecule is Cc1ccc(N=C(N)SCc2cccc(F)c2)cc1C. The Morgan fingerprint density at radius 1 is 1.15 bits per heavy atom. The number of hydrogen-bond acceptors (Lipinski definition) is 2. The maximum Gasteiger partial charge on any atom is 0.159 e. The van der Waals surface area contributed by atoms with Crippen LogP contribution in [-0.2, 0) is 5.75 Å². The molecule has 0 heterocycles. The van der Waals surface area contributed by atoms with Crippen LogP contribution >= 0.6 is 11.8 Å². The van der Waals surface area contributed by atoms with Crippen molar-refractivity contribution in [3.05, 3.63) is 65.0 Å². The van der Waals surface area contributed by atoms with Gasteiger partial charge in [-0.15, -0.1) is 0 Å². The number of aryl methyl sites for hydroxylation is 2. The number of nitrogens with two attached hydrogens (primary N) is 1. The second kappa shape index (κ2) is 6.57. The van der Waals surface area contributed by atoms with Gasteiger partial charge in [-0.25, -0.2) is 9.38 Å². The number of benzene rings is 2. The van der Waals surface area contributed by atoms with Gasteiger partial charge in [0.05, 0.1) is 5.69 Å². The molecular weight excluding hydrogens is 271 g/mol. The Morgan fingerprint density at radius 3 is 2.65 bits per heavy atom. The van der Waals surface area contributed by atoms with Crippen molar-refractivity contribution in [2.45, 2.75) is 19.6 Å². The molecule has 0 amide bonds. The average molecular weight is 288 g/mol. The summed E-state index contributed by atoms with van der Waals surface area (Å²) in [6.07, 6.45) is 0. The molecule has 20 heavy (non-hydrogen) atoms. The Morgan fingerprint density at radius 2 is 1.95 bits per heavy atom. The van der Waals surface area contributed by atoms with E-state index in [0.29, 0.717) is 10.9 Å². The molecule has 0 radical (unpaired) electrons. The average Bonchev–Trinajstić information content (AvgIpc) is 2.41. The van der Waals surface area contributed by atoms with E-state index in [4.69, 9.17) is 5.73 Å². The highest BCUT2D eigenvalue weighted by atomic mass is 32.2. The van der Waals surface area contributed by atoms with Gasteiger partial charge in [-0.1, -0.05) is 30.0 Å². The Labute approximate surface area is 122 Å². The highest BCUT2D eigenvalue weighted by molar-refractivity contribution is 8.13. The maximum atomic E-state index is 13.0. The summed E-state index contributed by atoms with van der Waals surface area (Å²) in [5.74, 6) is 0.380. The second-order valence-corrected chi connectivity index (χ2v) is 5.63. The largest absolute Gasteiger partial charge is 0.378 e. The Bertz CT molecular complexity index is 638. The van der Waals surface area contributed by atoms with E-state index in [9.17, 15) is 4.39 Å². The van der Waals surface area contributed by atoms with E-state index < -0.39 is 0 Å². The van der Waals surface area contributed by atoms with Crippen LogP contribution in [0.3, 0.4) is 0 Å². The molecule has 2 rings (SSSR count). The third-order valence-corrected chi connectivity index (χ3v) is 3.87. The fourth-order valence-electron chi connectivity index (χ4n) is 1.74. The molecule has 0 aliphatic rings. The standard InChI is InChI=1S/C16H17FN2S/c1-11-6-7-15(8-12(11)2)19-16(18)20-10-13-4-3-5-14(17)9-13/h3-9H,10H2,1-2H3,(H2,18,19). The van der Waals surface area contributed by atoms with Gasteiger partial charge in [0.2, 0.25) is 0 Å². The van der Waals surface area contributed by atoms with Crippen LogP contribution in [0.15, 0.2) is 47.5 Å². The minimum absolute atomic E-state index is 0.229. The third kappa shape index (κ3) is 4.10. The van der Waals surface area contributed by atoms with Crippen molar-refractivity contribution in [3.8, 4) is 0 Å². The van der Waals surface area contributed by atoms with Crippen molar-refractivity contribution < 1.29 is 4.39 Å². The third-order valence-electron chi connectivity index (χ3n) is 3.01. The van der Waals surface area contributed by atoms with Crippen molar-refractivity contribution in [1.82, 2.24) is 0 Å². The molecule has 0 spiro atoms. The van der Waals surface area contributed by atoms with Crippen molar-refractivity contribution in [3.63, 3.8) is 0 Å². The van der Waals surface area contributed by atoms with E-state index in [1.165, 1.54) is 35.0 Å². The van der Waals surface area contributed by atoms with Crippen LogP contribution in [0.25, 0.3) is 0 Å². The highest BCUT2D eigenvalue weighted by Gasteiger charge is 2.00.